The summed E-state index contributed by atoms with van der Waals surface area (Å²) in [7, 11) is 0. The number of rotatable bonds is 7. The number of hydrogen-bond acceptors (Lipinski definition) is 3. The van der Waals surface area contributed by atoms with Crippen molar-refractivity contribution in [3.05, 3.63) is 29.8 Å². The van der Waals surface area contributed by atoms with Crippen LogP contribution in [0.2, 0.25) is 0 Å². The van der Waals surface area contributed by atoms with Crippen LogP contribution in [-0.4, -0.2) is 35.6 Å². The Hall–Kier alpha value is -1.00. The van der Waals surface area contributed by atoms with Gasteiger partial charge < -0.3 is 10.2 Å². The van der Waals surface area contributed by atoms with Gasteiger partial charge in [-0.1, -0.05) is 20.3 Å². The van der Waals surface area contributed by atoms with E-state index in [1.807, 2.05) is 0 Å². The van der Waals surface area contributed by atoms with Crippen molar-refractivity contribution in [3.8, 4) is 0 Å². The quantitative estimate of drug-likeness (QED) is 0.833. The lowest BCUT2D eigenvalue weighted by Crippen LogP contribution is -2.44. The van der Waals surface area contributed by atoms with E-state index in [1.165, 1.54) is 57.6 Å². The molecule has 0 amide bonds. The SMILES string of the molecule is CCCCN1CCC(NC(CC)c2ccc(F)cn2)CC1. The molecule has 0 aromatic carbocycles. The molecule has 2 heterocycles. The molecule has 1 unspecified atom stereocenters. The maximum Gasteiger partial charge on any atom is 0.141 e. The van der Waals surface area contributed by atoms with Gasteiger partial charge in [0.1, 0.15) is 5.82 Å². The summed E-state index contributed by atoms with van der Waals surface area (Å²) in [4.78, 5) is 6.79. The van der Waals surface area contributed by atoms with Gasteiger partial charge in [-0.3, -0.25) is 4.98 Å². The van der Waals surface area contributed by atoms with E-state index in [0.29, 0.717) is 6.04 Å². The topological polar surface area (TPSA) is 28.2 Å². The number of hydrogen-bond donors (Lipinski definition) is 1. The Morgan fingerprint density at radius 2 is 2.10 bits per heavy atom. The minimum Gasteiger partial charge on any atom is -0.306 e. The molecule has 2 rings (SSSR count). The summed E-state index contributed by atoms with van der Waals surface area (Å²) < 4.78 is 13.0. The zero-order chi connectivity index (χ0) is 15.1. The zero-order valence-electron chi connectivity index (χ0n) is 13.3. The first-order valence-electron chi connectivity index (χ1n) is 8.32. The molecule has 1 N–H and O–H groups in total. The van der Waals surface area contributed by atoms with Crippen molar-refractivity contribution < 1.29 is 4.39 Å². The fourth-order valence-electron chi connectivity index (χ4n) is 3.00. The molecule has 118 valence electrons. The van der Waals surface area contributed by atoms with E-state index in [-0.39, 0.29) is 11.9 Å². The van der Waals surface area contributed by atoms with Gasteiger partial charge in [-0.05, 0) is 57.5 Å². The normalized spacial score (nSPS) is 18.8. The predicted octanol–water partition coefficient (Wildman–Crippen LogP) is 3.53. The lowest BCUT2D eigenvalue weighted by Gasteiger charge is -2.34. The summed E-state index contributed by atoms with van der Waals surface area (Å²) in [5, 5.41) is 3.71. The Bertz CT molecular complexity index is 399. The molecule has 3 nitrogen and oxygen atoms in total. The van der Waals surface area contributed by atoms with E-state index in [0.717, 1.165) is 12.1 Å². The van der Waals surface area contributed by atoms with Crippen LogP contribution in [0.3, 0.4) is 0 Å². The molecule has 0 radical (unpaired) electrons. The van der Waals surface area contributed by atoms with Gasteiger partial charge in [0.15, 0.2) is 0 Å². The summed E-state index contributed by atoms with van der Waals surface area (Å²) in [5.74, 6) is -0.266. The van der Waals surface area contributed by atoms with Gasteiger partial charge in [0.25, 0.3) is 0 Å². The van der Waals surface area contributed by atoms with Crippen LogP contribution in [0.15, 0.2) is 18.3 Å². The van der Waals surface area contributed by atoms with Crippen LogP contribution in [0, 0.1) is 5.82 Å². The molecule has 1 atom stereocenters. The molecular weight excluding hydrogens is 265 g/mol. The highest BCUT2D eigenvalue weighted by Gasteiger charge is 2.21. The molecule has 0 aliphatic carbocycles. The monoisotopic (exact) mass is 293 g/mol. The molecule has 4 heteroatoms. The van der Waals surface area contributed by atoms with Gasteiger partial charge in [0.05, 0.1) is 11.9 Å². The third kappa shape index (κ3) is 5.04. The summed E-state index contributed by atoms with van der Waals surface area (Å²) in [6.07, 6.45) is 7.26. The van der Waals surface area contributed by atoms with Crippen LogP contribution in [-0.2, 0) is 0 Å². The maximum atomic E-state index is 13.0. The number of pyridine rings is 1. The number of likely N-dealkylation sites (tertiary alicyclic amines) is 1. The molecule has 1 aromatic heterocycles. The van der Waals surface area contributed by atoms with Gasteiger partial charge in [-0.2, -0.15) is 0 Å². The van der Waals surface area contributed by atoms with Crippen molar-refractivity contribution in [1.29, 1.82) is 0 Å². The summed E-state index contributed by atoms with van der Waals surface area (Å²) in [6.45, 7) is 8.00. The maximum absolute atomic E-state index is 13.0. The van der Waals surface area contributed by atoms with Crippen molar-refractivity contribution in [2.24, 2.45) is 0 Å². The van der Waals surface area contributed by atoms with Crippen LogP contribution in [0.4, 0.5) is 4.39 Å². The average Bonchev–Trinajstić information content (AvgIpc) is 2.53. The van der Waals surface area contributed by atoms with Crippen LogP contribution >= 0.6 is 0 Å². The predicted molar refractivity (Wildman–Crippen MR) is 84.7 cm³/mol. The highest BCUT2D eigenvalue weighted by molar-refractivity contribution is 5.10. The summed E-state index contributed by atoms with van der Waals surface area (Å²) in [5.41, 5.74) is 0.951. The van der Waals surface area contributed by atoms with E-state index in [9.17, 15) is 4.39 Å². The Kier molecular flexibility index (Phi) is 6.58. The summed E-state index contributed by atoms with van der Waals surface area (Å²) in [6, 6.07) is 4.09. The molecule has 1 aliphatic rings. The van der Waals surface area contributed by atoms with Crippen molar-refractivity contribution in [2.75, 3.05) is 19.6 Å². The molecule has 1 aromatic rings. The molecule has 1 fully saturated rings. The number of unbranched alkanes of at least 4 members (excludes halogenated alkanes) is 1. The van der Waals surface area contributed by atoms with Crippen molar-refractivity contribution in [2.45, 2.75) is 58.0 Å². The van der Waals surface area contributed by atoms with E-state index in [2.05, 4.69) is 29.0 Å². The van der Waals surface area contributed by atoms with E-state index >= 15 is 0 Å². The number of aromatic nitrogens is 1. The van der Waals surface area contributed by atoms with E-state index in [4.69, 9.17) is 0 Å². The fourth-order valence-corrected chi connectivity index (χ4v) is 3.00. The van der Waals surface area contributed by atoms with Gasteiger partial charge in [-0.25, -0.2) is 4.39 Å². The first kappa shape index (κ1) is 16.4. The molecule has 0 bridgehead atoms. The number of nitrogens with one attached hydrogen (secondary N) is 1. The highest BCUT2D eigenvalue weighted by Crippen LogP contribution is 2.19. The Labute approximate surface area is 127 Å². The minimum absolute atomic E-state index is 0.234. The minimum atomic E-state index is -0.266. The third-order valence-electron chi connectivity index (χ3n) is 4.37. The number of piperidine rings is 1. The number of halogens is 1. The average molecular weight is 293 g/mol. The van der Waals surface area contributed by atoms with Crippen LogP contribution in [0.25, 0.3) is 0 Å². The molecule has 0 saturated carbocycles. The lowest BCUT2D eigenvalue weighted by atomic mass is 10.0. The van der Waals surface area contributed by atoms with Crippen LogP contribution < -0.4 is 5.32 Å². The fraction of sp³-hybridized carbons (Fsp3) is 0.706. The van der Waals surface area contributed by atoms with Gasteiger partial charge in [0.2, 0.25) is 0 Å². The molecule has 1 saturated heterocycles. The van der Waals surface area contributed by atoms with Gasteiger partial charge >= 0.3 is 0 Å². The van der Waals surface area contributed by atoms with E-state index < -0.39 is 0 Å². The second-order valence-corrected chi connectivity index (χ2v) is 6.00. The molecule has 0 spiro atoms. The molecular formula is C17H28FN3. The smallest absolute Gasteiger partial charge is 0.141 e. The van der Waals surface area contributed by atoms with E-state index in [1.54, 1.807) is 6.07 Å². The van der Waals surface area contributed by atoms with Crippen molar-refractivity contribution in [3.63, 3.8) is 0 Å². The molecule has 1 aliphatic heterocycles. The third-order valence-corrected chi connectivity index (χ3v) is 4.37. The van der Waals surface area contributed by atoms with Crippen molar-refractivity contribution in [1.82, 2.24) is 15.2 Å². The summed E-state index contributed by atoms with van der Waals surface area (Å²) >= 11 is 0. The number of nitrogens with zero attached hydrogens (tertiary/aromatic N) is 2. The van der Waals surface area contributed by atoms with Crippen molar-refractivity contribution >= 4 is 0 Å². The first-order valence-corrected chi connectivity index (χ1v) is 8.32. The Morgan fingerprint density at radius 3 is 2.67 bits per heavy atom. The van der Waals surface area contributed by atoms with Crippen LogP contribution in [0.5, 0.6) is 0 Å². The van der Waals surface area contributed by atoms with Gasteiger partial charge in [0, 0.05) is 12.1 Å². The first-order chi connectivity index (χ1) is 10.2. The zero-order valence-corrected chi connectivity index (χ0v) is 13.3. The Morgan fingerprint density at radius 1 is 1.33 bits per heavy atom. The van der Waals surface area contributed by atoms with Gasteiger partial charge in [-0.15, -0.1) is 0 Å². The highest BCUT2D eigenvalue weighted by atomic mass is 19.1. The van der Waals surface area contributed by atoms with Crippen LogP contribution in [0.1, 0.15) is 57.7 Å². The molecule has 21 heavy (non-hydrogen) atoms. The lowest BCUT2D eigenvalue weighted by molar-refractivity contribution is 0.187. The Balaban J connectivity index is 1.82. The second kappa shape index (κ2) is 8.44. The standard InChI is InChI=1S/C17H28FN3/c1-3-5-10-21-11-8-15(9-12-21)20-16(4-2)17-7-6-14(18)13-19-17/h6-7,13,15-16,20H,3-5,8-12H2,1-2H3. The second-order valence-electron chi connectivity index (χ2n) is 6.00. The largest absolute Gasteiger partial charge is 0.306 e.